The van der Waals surface area contributed by atoms with Gasteiger partial charge in [0.1, 0.15) is 6.07 Å². The molecule has 0 aliphatic carbocycles. The van der Waals surface area contributed by atoms with Crippen LogP contribution < -0.4 is 0 Å². The summed E-state index contributed by atoms with van der Waals surface area (Å²) in [5.41, 5.74) is 3.04. The Morgan fingerprint density at radius 2 is 1.34 bits per heavy atom. The lowest BCUT2D eigenvalue weighted by Crippen LogP contribution is -2.12. The summed E-state index contributed by atoms with van der Waals surface area (Å²) in [6, 6.07) is 30.7. The van der Waals surface area contributed by atoms with E-state index in [1.165, 1.54) is 0 Å². The molecule has 0 fully saturated rings. The summed E-state index contributed by atoms with van der Waals surface area (Å²) in [4.78, 5) is 4.43. The summed E-state index contributed by atoms with van der Waals surface area (Å²) >= 11 is 0. The van der Waals surface area contributed by atoms with E-state index in [9.17, 15) is 18.9 Å². The number of aromatic nitrogens is 1. The van der Waals surface area contributed by atoms with Crippen LogP contribution in [0.1, 0.15) is 16.7 Å². The van der Waals surface area contributed by atoms with Gasteiger partial charge in [0.25, 0.3) is 0 Å². The fraction of sp³-hybridized carbons (Fsp3) is 0.0385. The van der Waals surface area contributed by atoms with Gasteiger partial charge in [0, 0.05) is 11.1 Å². The number of rotatable bonds is 5. The molecule has 0 saturated carbocycles. The Morgan fingerprint density at radius 1 is 0.750 bits per heavy atom. The van der Waals surface area contributed by atoms with Gasteiger partial charge in [0.2, 0.25) is 9.84 Å². The van der Waals surface area contributed by atoms with Gasteiger partial charge in [0.15, 0.2) is 5.03 Å². The van der Waals surface area contributed by atoms with E-state index in [0.717, 1.165) is 11.1 Å². The predicted octanol–water partition coefficient (Wildman–Crippen LogP) is 5.13. The summed E-state index contributed by atoms with van der Waals surface area (Å²) in [6.45, 7) is 0. The van der Waals surface area contributed by atoms with Gasteiger partial charge in [-0.1, -0.05) is 78.9 Å². The molecule has 0 saturated heterocycles. The van der Waals surface area contributed by atoms with Gasteiger partial charge < -0.3 is 0 Å². The molecule has 1 aromatic heterocycles. The molecule has 0 amide bonds. The summed E-state index contributed by atoms with van der Waals surface area (Å²) in [6.07, 6.45) is 0. The minimum Gasteiger partial charge on any atom is -0.235 e. The average Bonchev–Trinajstić information content (AvgIpc) is 2.84. The second kappa shape index (κ2) is 8.85. The highest BCUT2D eigenvalue weighted by atomic mass is 32.2. The van der Waals surface area contributed by atoms with Crippen LogP contribution in [0, 0.1) is 22.7 Å². The van der Waals surface area contributed by atoms with Gasteiger partial charge in [-0.3, -0.25) is 0 Å². The molecule has 4 aromatic rings. The second-order valence-electron chi connectivity index (χ2n) is 7.11. The van der Waals surface area contributed by atoms with E-state index >= 15 is 0 Å². The van der Waals surface area contributed by atoms with E-state index in [1.54, 1.807) is 30.3 Å². The van der Waals surface area contributed by atoms with Crippen molar-refractivity contribution in [2.24, 2.45) is 0 Å². The summed E-state index contributed by atoms with van der Waals surface area (Å²) in [5.74, 6) is -0.426. The molecule has 0 aliphatic heterocycles. The van der Waals surface area contributed by atoms with Crippen molar-refractivity contribution in [1.29, 1.82) is 10.5 Å². The number of pyridine rings is 1. The first kappa shape index (κ1) is 21.0. The summed E-state index contributed by atoms with van der Waals surface area (Å²) in [7, 11) is -4.03. The lowest BCUT2D eigenvalue weighted by Gasteiger charge is -2.14. The first-order valence-corrected chi connectivity index (χ1v) is 11.5. The third-order valence-corrected chi connectivity index (χ3v) is 6.61. The van der Waals surface area contributed by atoms with Gasteiger partial charge in [-0.15, -0.1) is 0 Å². The molecule has 0 bridgehead atoms. The lowest BCUT2D eigenvalue weighted by atomic mass is 9.99. The minimum absolute atomic E-state index is 0.00896. The zero-order chi connectivity index (χ0) is 22.6. The van der Waals surface area contributed by atoms with Crippen LogP contribution in [0.4, 0.5) is 0 Å². The van der Waals surface area contributed by atoms with E-state index in [0.29, 0.717) is 16.8 Å². The van der Waals surface area contributed by atoms with Gasteiger partial charge in [-0.25, -0.2) is 13.4 Å². The molecule has 1 heterocycles. The highest BCUT2D eigenvalue weighted by Crippen LogP contribution is 2.33. The lowest BCUT2D eigenvalue weighted by molar-refractivity contribution is 0.591. The Kier molecular flexibility index (Phi) is 5.81. The van der Waals surface area contributed by atoms with Gasteiger partial charge >= 0.3 is 0 Å². The molecule has 154 valence electrons. The molecular weight excluding hydrogens is 418 g/mol. The molecule has 0 aliphatic rings. The maximum Gasteiger partial charge on any atom is 0.201 e. The minimum atomic E-state index is -4.03. The molecular formula is C26H17N3O2S. The van der Waals surface area contributed by atoms with E-state index in [1.807, 2.05) is 66.7 Å². The maximum atomic E-state index is 13.5. The van der Waals surface area contributed by atoms with Crippen LogP contribution in [0.25, 0.3) is 22.4 Å². The van der Waals surface area contributed by atoms with Crippen LogP contribution >= 0.6 is 0 Å². The Morgan fingerprint density at radius 3 is 1.97 bits per heavy atom. The SMILES string of the molecule is N#Cc1ccccc1CS(=O)(=O)c1nc(-c2ccccc2)cc(-c2ccccc2)c1C#N. The number of hydrogen-bond donors (Lipinski definition) is 0. The molecule has 5 nitrogen and oxygen atoms in total. The van der Waals surface area contributed by atoms with E-state index in [-0.39, 0.29) is 16.2 Å². The molecule has 0 spiro atoms. The number of hydrogen-bond acceptors (Lipinski definition) is 5. The van der Waals surface area contributed by atoms with Crippen molar-refractivity contribution in [3.05, 3.63) is 108 Å². The van der Waals surface area contributed by atoms with Crippen molar-refractivity contribution < 1.29 is 8.42 Å². The van der Waals surface area contributed by atoms with Crippen molar-refractivity contribution in [2.45, 2.75) is 10.8 Å². The third kappa shape index (κ3) is 4.13. The third-order valence-electron chi connectivity index (χ3n) is 5.03. The van der Waals surface area contributed by atoms with Crippen LogP contribution in [0.15, 0.2) is 96.0 Å². The Hall–Kier alpha value is -4.26. The Bertz CT molecular complexity index is 1470. The summed E-state index contributed by atoms with van der Waals surface area (Å²) < 4.78 is 27.0. The topological polar surface area (TPSA) is 94.6 Å². The quantitative estimate of drug-likeness (QED) is 0.433. The van der Waals surface area contributed by atoms with Crippen LogP contribution in [-0.2, 0) is 15.6 Å². The van der Waals surface area contributed by atoms with Crippen LogP contribution in [0.3, 0.4) is 0 Å². The first-order valence-electron chi connectivity index (χ1n) is 9.80. The normalized spacial score (nSPS) is 10.8. The fourth-order valence-electron chi connectivity index (χ4n) is 3.49. The molecule has 0 radical (unpaired) electrons. The molecule has 0 atom stereocenters. The average molecular weight is 436 g/mol. The highest BCUT2D eigenvalue weighted by Gasteiger charge is 2.26. The van der Waals surface area contributed by atoms with Crippen molar-refractivity contribution >= 4 is 9.84 Å². The largest absolute Gasteiger partial charge is 0.235 e. The number of nitriles is 2. The monoisotopic (exact) mass is 435 g/mol. The van der Waals surface area contributed by atoms with E-state index in [2.05, 4.69) is 11.1 Å². The summed E-state index contributed by atoms with van der Waals surface area (Å²) in [5, 5.41) is 19.0. The Balaban J connectivity index is 1.96. The zero-order valence-corrected chi connectivity index (χ0v) is 17.8. The van der Waals surface area contributed by atoms with Gasteiger partial charge in [-0.2, -0.15) is 10.5 Å². The molecule has 3 aromatic carbocycles. The first-order chi connectivity index (χ1) is 15.5. The van der Waals surface area contributed by atoms with Crippen molar-refractivity contribution in [3.8, 4) is 34.5 Å². The van der Waals surface area contributed by atoms with Crippen LogP contribution in [-0.4, -0.2) is 13.4 Å². The molecule has 4 rings (SSSR count). The van der Waals surface area contributed by atoms with Crippen molar-refractivity contribution in [2.75, 3.05) is 0 Å². The standard InChI is InChI=1S/C26H17N3O2S/c27-16-21-13-7-8-14-22(21)18-32(30,31)26-24(17-28)23(19-9-3-1-4-10-19)15-25(29-26)20-11-5-2-6-12-20/h1-15H,18H2. The Labute approximate surface area is 186 Å². The number of benzene rings is 3. The number of nitrogens with zero attached hydrogens (tertiary/aromatic N) is 3. The van der Waals surface area contributed by atoms with Crippen molar-refractivity contribution in [1.82, 2.24) is 4.98 Å². The van der Waals surface area contributed by atoms with Gasteiger partial charge in [-0.05, 0) is 23.3 Å². The second-order valence-corrected chi connectivity index (χ2v) is 9.01. The molecule has 0 unspecified atom stereocenters. The fourth-order valence-corrected chi connectivity index (χ4v) is 4.99. The zero-order valence-electron chi connectivity index (χ0n) is 16.9. The highest BCUT2D eigenvalue weighted by molar-refractivity contribution is 7.90. The maximum absolute atomic E-state index is 13.5. The molecule has 32 heavy (non-hydrogen) atoms. The smallest absolute Gasteiger partial charge is 0.201 e. The van der Waals surface area contributed by atoms with Crippen LogP contribution in [0.2, 0.25) is 0 Å². The van der Waals surface area contributed by atoms with Crippen molar-refractivity contribution in [3.63, 3.8) is 0 Å². The molecule has 0 N–H and O–H groups in total. The molecule has 6 heteroatoms. The predicted molar refractivity (Wildman–Crippen MR) is 122 cm³/mol. The van der Waals surface area contributed by atoms with Crippen LogP contribution in [0.5, 0.6) is 0 Å². The number of sulfone groups is 1. The van der Waals surface area contributed by atoms with E-state index < -0.39 is 15.6 Å². The van der Waals surface area contributed by atoms with E-state index in [4.69, 9.17) is 0 Å². The van der Waals surface area contributed by atoms with Gasteiger partial charge in [0.05, 0.1) is 28.6 Å².